The Balaban J connectivity index is 1.48. The first-order valence-corrected chi connectivity index (χ1v) is 11.5. The molecule has 3 heterocycles. The Morgan fingerprint density at radius 1 is 1.12 bits per heavy atom. The van der Waals surface area contributed by atoms with Gasteiger partial charge >= 0.3 is 0 Å². The normalized spacial score (nSPS) is 14.8. The molecule has 4 aromatic rings. The summed E-state index contributed by atoms with van der Waals surface area (Å²) in [5, 5.41) is 21.0. The van der Waals surface area contributed by atoms with Crippen LogP contribution in [0.3, 0.4) is 0 Å². The highest BCUT2D eigenvalue weighted by Crippen LogP contribution is 2.34. The Hall–Kier alpha value is -3.66. The van der Waals surface area contributed by atoms with E-state index in [0.29, 0.717) is 24.5 Å². The van der Waals surface area contributed by atoms with Crippen LogP contribution < -0.4 is 4.74 Å². The molecule has 1 fully saturated rings. The van der Waals surface area contributed by atoms with Gasteiger partial charge in [-0.15, -0.1) is 0 Å². The van der Waals surface area contributed by atoms with Crippen LogP contribution in [0.1, 0.15) is 37.8 Å². The SMILES string of the molecule is CC(C)(O)c1ccc(-c2cc3c(-c4cc(C#N)c(OC5CCOCC5)cn4)cccc3[nH]2)cc1. The number of nitriles is 1. The molecule has 0 spiro atoms. The zero-order valence-corrected chi connectivity index (χ0v) is 19.3. The maximum Gasteiger partial charge on any atom is 0.155 e. The number of nitrogens with zero attached hydrogens (tertiary/aromatic N) is 2. The minimum atomic E-state index is -0.878. The third-order valence-corrected chi connectivity index (χ3v) is 6.29. The van der Waals surface area contributed by atoms with Crippen molar-refractivity contribution in [3.05, 3.63) is 71.9 Å². The molecular formula is C28H27N3O3. The molecule has 6 heteroatoms. The maximum atomic E-state index is 10.2. The fourth-order valence-electron chi connectivity index (χ4n) is 4.34. The van der Waals surface area contributed by atoms with E-state index >= 15 is 0 Å². The Kier molecular flexibility index (Phi) is 5.82. The monoisotopic (exact) mass is 453 g/mol. The molecule has 0 radical (unpaired) electrons. The van der Waals surface area contributed by atoms with Gasteiger partial charge in [0.25, 0.3) is 0 Å². The number of hydrogen-bond acceptors (Lipinski definition) is 5. The predicted octanol–water partition coefficient (Wildman–Crippen LogP) is 5.55. The number of fused-ring (bicyclic) bond motifs is 1. The van der Waals surface area contributed by atoms with Crippen molar-refractivity contribution in [3.63, 3.8) is 0 Å². The molecule has 2 aromatic heterocycles. The van der Waals surface area contributed by atoms with Gasteiger partial charge in [-0.1, -0.05) is 36.4 Å². The van der Waals surface area contributed by atoms with Crippen LogP contribution in [0.2, 0.25) is 0 Å². The van der Waals surface area contributed by atoms with Crippen LogP contribution in [-0.4, -0.2) is 34.4 Å². The third kappa shape index (κ3) is 4.41. The number of pyridine rings is 1. The first-order valence-electron chi connectivity index (χ1n) is 11.5. The summed E-state index contributed by atoms with van der Waals surface area (Å²) in [6, 6.07) is 20.1. The number of nitrogens with one attached hydrogen (secondary N) is 1. The van der Waals surface area contributed by atoms with Gasteiger partial charge in [-0.2, -0.15) is 5.26 Å². The van der Waals surface area contributed by atoms with Gasteiger partial charge in [-0.05, 0) is 43.2 Å². The van der Waals surface area contributed by atoms with E-state index in [1.807, 2.05) is 42.5 Å². The van der Waals surface area contributed by atoms with Gasteiger partial charge < -0.3 is 19.6 Å². The number of benzene rings is 2. The number of aliphatic hydroxyl groups is 1. The number of aromatic amines is 1. The van der Waals surface area contributed by atoms with Crippen LogP contribution >= 0.6 is 0 Å². The maximum absolute atomic E-state index is 10.2. The largest absolute Gasteiger partial charge is 0.487 e. The Morgan fingerprint density at radius 2 is 1.88 bits per heavy atom. The molecule has 1 aliphatic heterocycles. The lowest BCUT2D eigenvalue weighted by atomic mass is 9.97. The van der Waals surface area contributed by atoms with Gasteiger partial charge in [0.2, 0.25) is 0 Å². The van der Waals surface area contributed by atoms with E-state index in [9.17, 15) is 10.4 Å². The van der Waals surface area contributed by atoms with E-state index in [-0.39, 0.29) is 6.10 Å². The quantitative estimate of drug-likeness (QED) is 0.413. The smallest absolute Gasteiger partial charge is 0.155 e. The van der Waals surface area contributed by atoms with Crippen LogP contribution in [0.15, 0.2) is 60.8 Å². The van der Waals surface area contributed by atoms with Gasteiger partial charge in [-0.3, -0.25) is 4.98 Å². The van der Waals surface area contributed by atoms with E-state index in [0.717, 1.165) is 51.8 Å². The standard InChI is InChI=1S/C28H27N3O3/c1-28(2,32)20-8-6-18(7-9-20)25-15-23-22(4-3-5-24(23)31-25)26-14-19(16-29)27(17-30-26)34-21-10-12-33-13-11-21/h3-9,14-15,17,21,31-32H,10-13H2,1-2H3. The summed E-state index contributed by atoms with van der Waals surface area (Å²) in [7, 11) is 0. The van der Waals surface area contributed by atoms with Crippen molar-refractivity contribution in [1.29, 1.82) is 5.26 Å². The highest BCUT2D eigenvalue weighted by atomic mass is 16.5. The Labute approximate surface area is 198 Å². The molecule has 0 atom stereocenters. The molecule has 34 heavy (non-hydrogen) atoms. The number of H-pyrrole nitrogens is 1. The summed E-state index contributed by atoms with van der Waals surface area (Å²) in [6.45, 7) is 4.91. The number of rotatable bonds is 5. The molecular weight excluding hydrogens is 426 g/mol. The fraction of sp³-hybridized carbons (Fsp3) is 0.286. The van der Waals surface area contributed by atoms with E-state index in [2.05, 4.69) is 22.1 Å². The van der Waals surface area contributed by atoms with Gasteiger partial charge in [0.15, 0.2) is 5.75 Å². The van der Waals surface area contributed by atoms with E-state index in [1.54, 1.807) is 26.1 Å². The molecule has 2 N–H and O–H groups in total. The second kappa shape index (κ2) is 8.94. The van der Waals surface area contributed by atoms with Gasteiger partial charge in [0, 0.05) is 35.0 Å². The zero-order chi connectivity index (χ0) is 23.7. The molecule has 0 amide bonds. The van der Waals surface area contributed by atoms with Crippen LogP contribution in [0, 0.1) is 11.3 Å². The van der Waals surface area contributed by atoms with Crippen molar-refractivity contribution in [2.45, 2.75) is 38.4 Å². The molecule has 5 rings (SSSR count). The lowest BCUT2D eigenvalue weighted by molar-refractivity contribution is 0.0253. The second-order valence-corrected chi connectivity index (χ2v) is 9.19. The third-order valence-electron chi connectivity index (χ3n) is 6.29. The van der Waals surface area contributed by atoms with Crippen LogP contribution in [0.25, 0.3) is 33.4 Å². The van der Waals surface area contributed by atoms with Crippen LogP contribution in [0.5, 0.6) is 5.75 Å². The molecule has 0 saturated carbocycles. The molecule has 0 aliphatic carbocycles. The predicted molar refractivity (Wildman–Crippen MR) is 131 cm³/mol. The molecule has 1 saturated heterocycles. The lowest BCUT2D eigenvalue weighted by Gasteiger charge is -2.23. The first-order chi connectivity index (χ1) is 16.4. The van der Waals surface area contributed by atoms with Crippen molar-refractivity contribution in [2.75, 3.05) is 13.2 Å². The summed E-state index contributed by atoms with van der Waals surface area (Å²) in [5.41, 5.74) is 5.13. The molecule has 0 bridgehead atoms. The molecule has 172 valence electrons. The zero-order valence-electron chi connectivity index (χ0n) is 19.3. The highest BCUT2D eigenvalue weighted by molar-refractivity contribution is 5.97. The summed E-state index contributed by atoms with van der Waals surface area (Å²) in [4.78, 5) is 8.13. The van der Waals surface area contributed by atoms with E-state index in [1.165, 1.54) is 0 Å². The van der Waals surface area contributed by atoms with Crippen molar-refractivity contribution < 1.29 is 14.6 Å². The summed E-state index contributed by atoms with van der Waals surface area (Å²) in [6.07, 6.45) is 3.33. The minimum Gasteiger partial charge on any atom is -0.487 e. The Bertz CT molecular complexity index is 1350. The van der Waals surface area contributed by atoms with Crippen LogP contribution in [-0.2, 0) is 10.3 Å². The minimum absolute atomic E-state index is 0.0481. The molecule has 1 aliphatic rings. The summed E-state index contributed by atoms with van der Waals surface area (Å²) < 4.78 is 11.5. The molecule has 0 unspecified atom stereocenters. The number of ether oxygens (including phenoxy) is 2. The molecule has 6 nitrogen and oxygen atoms in total. The van der Waals surface area contributed by atoms with Gasteiger partial charge in [-0.25, -0.2) is 0 Å². The lowest BCUT2D eigenvalue weighted by Crippen LogP contribution is -2.26. The topological polar surface area (TPSA) is 91.2 Å². The van der Waals surface area contributed by atoms with Crippen LogP contribution in [0.4, 0.5) is 0 Å². The number of aromatic nitrogens is 2. The van der Waals surface area contributed by atoms with Gasteiger partial charge in [0.1, 0.15) is 12.2 Å². The van der Waals surface area contributed by atoms with E-state index in [4.69, 9.17) is 9.47 Å². The molecule has 2 aromatic carbocycles. The fourth-order valence-corrected chi connectivity index (χ4v) is 4.34. The van der Waals surface area contributed by atoms with Crippen molar-refractivity contribution in [2.24, 2.45) is 0 Å². The average molecular weight is 454 g/mol. The first kappa shape index (κ1) is 22.1. The summed E-state index contributed by atoms with van der Waals surface area (Å²) >= 11 is 0. The van der Waals surface area contributed by atoms with Crippen molar-refractivity contribution in [1.82, 2.24) is 9.97 Å². The summed E-state index contributed by atoms with van der Waals surface area (Å²) in [5.74, 6) is 0.520. The highest BCUT2D eigenvalue weighted by Gasteiger charge is 2.19. The Morgan fingerprint density at radius 3 is 2.59 bits per heavy atom. The average Bonchev–Trinajstić information content (AvgIpc) is 3.29. The number of hydrogen-bond donors (Lipinski definition) is 2. The van der Waals surface area contributed by atoms with Gasteiger partial charge in [0.05, 0.1) is 36.3 Å². The van der Waals surface area contributed by atoms with E-state index < -0.39 is 5.60 Å². The van der Waals surface area contributed by atoms with Crippen molar-refractivity contribution >= 4 is 10.9 Å². The van der Waals surface area contributed by atoms with Crippen molar-refractivity contribution in [3.8, 4) is 34.3 Å². The second-order valence-electron chi connectivity index (χ2n) is 9.19.